The number of aromatic nitrogens is 1. The number of nitrogens with zero attached hydrogens (tertiary/aromatic N) is 2. The van der Waals surface area contributed by atoms with E-state index < -0.39 is 11.9 Å². The Labute approximate surface area is 130 Å². The molecule has 2 atom stereocenters. The van der Waals surface area contributed by atoms with Gasteiger partial charge in [0.25, 0.3) is 0 Å². The number of amides is 2. The van der Waals surface area contributed by atoms with Crippen LogP contribution in [0.15, 0.2) is 5.38 Å². The molecule has 1 N–H and O–H groups in total. The Hall–Kier alpha value is -1.31. The number of hydrogen-bond donors (Lipinski definition) is 1. The van der Waals surface area contributed by atoms with Gasteiger partial charge in [0.15, 0.2) is 5.69 Å². The van der Waals surface area contributed by atoms with Crippen molar-refractivity contribution in [3.63, 3.8) is 0 Å². The number of rotatable bonds is 2. The van der Waals surface area contributed by atoms with Crippen LogP contribution in [0.3, 0.4) is 0 Å². The fraction of sp³-hybridized carbons (Fsp3) is 0.714. The van der Waals surface area contributed by atoms with Gasteiger partial charge in [-0.05, 0) is 31.6 Å². The van der Waals surface area contributed by atoms with Gasteiger partial charge in [0.1, 0.15) is 5.01 Å². The third-order valence-corrected chi connectivity index (χ3v) is 5.34. The van der Waals surface area contributed by atoms with Gasteiger partial charge in [0, 0.05) is 18.0 Å². The summed E-state index contributed by atoms with van der Waals surface area (Å²) in [5, 5.41) is 3.97. The molecule has 0 aromatic carbocycles. The topological polar surface area (TPSA) is 45.2 Å². The summed E-state index contributed by atoms with van der Waals surface area (Å²) in [6, 6.07) is 0.121. The van der Waals surface area contributed by atoms with E-state index in [0.717, 1.165) is 42.5 Å². The highest BCUT2D eigenvalue weighted by molar-refractivity contribution is 7.09. The number of likely N-dealkylation sites (tertiary alicyclic amines) is 1. The number of carbonyl (C=O) groups excluding carboxylic acids is 1. The predicted molar refractivity (Wildman–Crippen MR) is 76.4 cm³/mol. The minimum atomic E-state index is -4.43. The fourth-order valence-corrected chi connectivity index (χ4v) is 4.22. The second-order valence-corrected chi connectivity index (χ2v) is 6.82. The second kappa shape index (κ2) is 6.06. The molecule has 4 nitrogen and oxygen atoms in total. The van der Waals surface area contributed by atoms with Crippen LogP contribution in [0.25, 0.3) is 0 Å². The Balaban J connectivity index is 1.57. The van der Waals surface area contributed by atoms with Crippen molar-refractivity contribution < 1.29 is 18.0 Å². The molecular formula is C14H18F3N3OS. The van der Waals surface area contributed by atoms with E-state index in [-0.39, 0.29) is 17.6 Å². The Kier molecular flexibility index (Phi) is 4.29. The van der Waals surface area contributed by atoms with Gasteiger partial charge in [-0.1, -0.05) is 6.42 Å². The van der Waals surface area contributed by atoms with Crippen molar-refractivity contribution >= 4 is 17.4 Å². The zero-order valence-electron chi connectivity index (χ0n) is 12.0. The maximum atomic E-state index is 12.5. The average Bonchev–Trinajstić information content (AvgIpc) is 3.12. The first-order valence-electron chi connectivity index (χ1n) is 7.51. The van der Waals surface area contributed by atoms with E-state index in [1.54, 1.807) is 0 Å². The molecule has 1 aliphatic heterocycles. The first kappa shape index (κ1) is 15.6. The van der Waals surface area contributed by atoms with E-state index >= 15 is 0 Å². The number of alkyl halides is 3. The predicted octanol–water partition coefficient (Wildman–Crippen LogP) is 3.64. The monoisotopic (exact) mass is 333 g/mol. The van der Waals surface area contributed by atoms with Gasteiger partial charge in [0.2, 0.25) is 0 Å². The van der Waals surface area contributed by atoms with Crippen LogP contribution in [0.4, 0.5) is 18.0 Å². The van der Waals surface area contributed by atoms with Gasteiger partial charge in [-0.2, -0.15) is 13.2 Å². The molecule has 0 spiro atoms. The van der Waals surface area contributed by atoms with E-state index in [1.165, 1.54) is 12.8 Å². The summed E-state index contributed by atoms with van der Waals surface area (Å²) < 4.78 is 37.5. The summed E-state index contributed by atoms with van der Waals surface area (Å²) in [4.78, 5) is 17.7. The lowest BCUT2D eigenvalue weighted by molar-refractivity contribution is -0.140. The highest BCUT2D eigenvalue weighted by atomic mass is 32.1. The number of carbonyl (C=O) groups is 1. The third-order valence-electron chi connectivity index (χ3n) is 4.49. The van der Waals surface area contributed by atoms with Crippen molar-refractivity contribution in [2.75, 3.05) is 6.54 Å². The molecule has 3 rings (SSSR count). The molecule has 122 valence electrons. The third kappa shape index (κ3) is 3.21. The van der Waals surface area contributed by atoms with Crippen LogP contribution >= 0.6 is 11.3 Å². The lowest BCUT2D eigenvalue weighted by atomic mass is 9.92. The highest BCUT2D eigenvalue weighted by Crippen LogP contribution is 2.36. The molecule has 1 aromatic rings. The van der Waals surface area contributed by atoms with Gasteiger partial charge in [0.05, 0.1) is 6.54 Å². The van der Waals surface area contributed by atoms with E-state index in [9.17, 15) is 18.0 Å². The summed E-state index contributed by atoms with van der Waals surface area (Å²) in [6.07, 6.45) is 1.12. The van der Waals surface area contributed by atoms with E-state index in [4.69, 9.17) is 0 Å². The average molecular weight is 333 g/mol. The highest BCUT2D eigenvalue weighted by Gasteiger charge is 2.37. The number of nitrogens with one attached hydrogen (secondary N) is 1. The zero-order chi connectivity index (χ0) is 15.7. The lowest BCUT2D eigenvalue weighted by Gasteiger charge is -2.37. The molecule has 2 fully saturated rings. The zero-order valence-corrected chi connectivity index (χ0v) is 12.8. The van der Waals surface area contributed by atoms with Crippen molar-refractivity contribution in [2.24, 2.45) is 5.92 Å². The van der Waals surface area contributed by atoms with Crippen LogP contribution in [0.5, 0.6) is 0 Å². The van der Waals surface area contributed by atoms with E-state index in [1.807, 2.05) is 4.90 Å². The number of halogens is 3. The smallest absolute Gasteiger partial charge is 0.331 e. The summed E-state index contributed by atoms with van der Waals surface area (Å²) in [7, 11) is 0. The van der Waals surface area contributed by atoms with Gasteiger partial charge >= 0.3 is 12.2 Å². The first-order valence-corrected chi connectivity index (χ1v) is 8.39. The molecule has 1 aromatic heterocycles. The van der Waals surface area contributed by atoms with Crippen LogP contribution in [-0.4, -0.2) is 28.5 Å². The minimum absolute atomic E-state index is 0.0491. The summed E-state index contributed by atoms with van der Waals surface area (Å²) in [5.41, 5.74) is -0.893. The van der Waals surface area contributed by atoms with Crippen molar-refractivity contribution in [3.05, 3.63) is 16.1 Å². The molecule has 2 heterocycles. The molecule has 1 saturated carbocycles. The Morgan fingerprint density at radius 1 is 1.36 bits per heavy atom. The Bertz CT molecular complexity index is 546. The number of fused-ring (bicyclic) bond motifs is 1. The van der Waals surface area contributed by atoms with Crippen LogP contribution in [0.2, 0.25) is 0 Å². The summed E-state index contributed by atoms with van der Waals surface area (Å²) >= 11 is 0.920. The summed E-state index contributed by atoms with van der Waals surface area (Å²) in [6.45, 7) is 0.784. The van der Waals surface area contributed by atoms with Crippen LogP contribution in [0.1, 0.15) is 42.8 Å². The van der Waals surface area contributed by atoms with Crippen molar-refractivity contribution in [3.8, 4) is 0 Å². The maximum Gasteiger partial charge on any atom is 0.434 e. The standard InChI is InChI=1S/C14H18F3N3OS/c15-14(16,17)11-8-22-12(19-11)7-18-13(21)20-6-2-4-9-3-1-5-10(9)20/h8-10H,1-7H2,(H,18,21)/t9-,10-/m0/s1. The molecule has 1 saturated heterocycles. The molecular weight excluding hydrogens is 315 g/mol. The molecule has 2 aliphatic rings. The largest absolute Gasteiger partial charge is 0.434 e. The fourth-order valence-electron chi connectivity index (χ4n) is 3.48. The van der Waals surface area contributed by atoms with Gasteiger partial charge in [-0.15, -0.1) is 11.3 Å². The van der Waals surface area contributed by atoms with Crippen LogP contribution in [0, 0.1) is 5.92 Å². The van der Waals surface area contributed by atoms with Gasteiger partial charge in [-0.3, -0.25) is 0 Å². The van der Waals surface area contributed by atoms with Crippen molar-refractivity contribution in [2.45, 2.75) is 50.9 Å². The quantitative estimate of drug-likeness (QED) is 0.898. The first-order chi connectivity index (χ1) is 10.4. The molecule has 2 amide bonds. The lowest BCUT2D eigenvalue weighted by Crippen LogP contribution is -2.50. The van der Waals surface area contributed by atoms with Gasteiger partial charge in [-0.25, -0.2) is 9.78 Å². The molecule has 8 heteroatoms. The Morgan fingerprint density at radius 2 is 2.14 bits per heavy atom. The molecule has 0 unspecified atom stereocenters. The van der Waals surface area contributed by atoms with E-state index in [0.29, 0.717) is 12.0 Å². The number of hydrogen-bond acceptors (Lipinski definition) is 3. The Morgan fingerprint density at radius 3 is 2.86 bits per heavy atom. The SMILES string of the molecule is O=C(NCc1nc(C(F)(F)F)cs1)N1CCC[C@@H]2CCC[C@@H]21. The number of urea groups is 1. The number of thiazole rings is 1. The normalized spacial score (nSPS) is 25.1. The van der Waals surface area contributed by atoms with Gasteiger partial charge < -0.3 is 10.2 Å². The second-order valence-electron chi connectivity index (χ2n) is 5.88. The molecule has 1 aliphatic carbocycles. The van der Waals surface area contributed by atoms with Crippen molar-refractivity contribution in [1.82, 2.24) is 15.2 Å². The minimum Gasteiger partial charge on any atom is -0.331 e. The molecule has 0 radical (unpaired) electrons. The molecule has 0 bridgehead atoms. The van der Waals surface area contributed by atoms with Crippen molar-refractivity contribution in [1.29, 1.82) is 0 Å². The van der Waals surface area contributed by atoms with Crippen LogP contribution in [-0.2, 0) is 12.7 Å². The van der Waals surface area contributed by atoms with Crippen LogP contribution < -0.4 is 5.32 Å². The maximum absolute atomic E-state index is 12.5. The summed E-state index contributed by atoms with van der Waals surface area (Å²) in [5.74, 6) is 0.594. The number of piperidine rings is 1. The van der Waals surface area contributed by atoms with E-state index in [2.05, 4.69) is 10.3 Å². The molecule has 22 heavy (non-hydrogen) atoms.